The molecule has 23 heavy (non-hydrogen) atoms. The van der Waals surface area contributed by atoms with Gasteiger partial charge in [0.15, 0.2) is 0 Å². The van der Waals surface area contributed by atoms with Crippen LogP contribution in [0.1, 0.15) is 27.2 Å². The number of carboxylic acid groups (broad SMARTS) is 1. The Hall–Kier alpha value is -2.18. The Kier molecular flexibility index (Phi) is 4.19. The van der Waals surface area contributed by atoms with E-state index in [-0.39, 0.29) is 18.0 Å². The Morgan fingerprint density at radius 2 is 1.96 bits per heavy atom. The van der Waals surface area contributed by atoms with Crippen LogP contribution in [0, 0.1) is 0 Å². The highest BCUT2D eigenvalue weighted by Gasteiger charge is 2.21. The number of aromatic carboxylic acids is 1. The number of halogens is 1. The summed E-state index contributed by atoms with van der Waals surface area (Å²) in [4.78, 5) is 22.1. The molecule has 0 saturated carbocycles. The molecule has 4 rings (SSSR count). The van der Waals surface area contributed by atoms with Gasteiger partial charge >= 0.3 is 5.97 Å². The largest absolute Gasteiger partial charge is 0.478 e. The van der Waals surface area contributed by atoms with E-state index in [4.69, 9.17) is 5.11 Å². The van der Waals surface area contributed by atoms with Crippen molar-refractivity contribution in [1.29, 1.82) is 0 Å². The standard InChI is InChI=1S/C16H13N3O2S.ClH/c20-16(21)9-4-6-10(7-5-9)19-14-13-11-2-1-3-12(11)22-15(13)18-8-17-14;/h4-8H,1-3H2,(H,20,21)(H,17,18,19);1H. The normalized spacial score (nSPS) is 12.7. The number of hydrogen-bond acceptors (Lipinski definition) is 5. The van der Waals surface area contributed by atoms with Crippen molar-refractivity contribution >= 4 is 51.4 Å². The van der Waals surface area contributed by atoms with E-state index in [2.05, 4.69) is 15.3 Å². The van der Waals surface area contributed by atoms with Gasteiger partial charge in [-0.05, 0) is 49.1 Å². The fourth-order valence-corrected chi connectivity index (χ4v) is 4.09. The maximum Gasteiger partial charge on any atom is 0.335 e. The second-order valence-electron chi connectivity index (χ2n) is 5.27. The van der Waals surface area contributed by atoms with Gasteiger partial charge in [0, 0.05) is 10.6 Å². The average molecular weight is 348 g/mol. The van der Waals surface area contributed by atoms with E-state index in [1.165, 1.54) is 16.9 Å². The Bertz CT molecular complexity index is 877. The van der Waals surface area contributed by atoms with Gasteiger partial charge < -0.3 is 10.4 Å². The summed E-state index contributed by atoms with van der Waals surface area (Å²) >= 11 is 1.75. The third kappa shape index (κ3) is 2.75. The summed E-state index contributed by atoms with van der Waals surface area (Å²) < 4.78 is 0. The first kappa shape index (κ1) is 15.7. The molecule has 5 nitrogen and oxygen atoms in total. The topological polar surface area (TPSA) is 75.1 Å². The van der Waals surface area contributed by atoms with Crippen molar-refractivity contribution in [2.75, 3.05) is 5.32 Å². The minimum atomic E-state index is -0.924. The molecule has 1 aliphatic rings. The number of nitrogens with one attached hydrogen (secondary N) is 1. The SMILES string of the molecule is Cl.O=C(O)c1ccc(Nc2ncnc3sc4c(c23)CCC4)cc1. The van der Waals surface area contributed by atoms with E-state index in [0.29, 0.717) is 0 Å². The molecule has 0 radical (unpaired) electrons. The average Bonchev–Trinajstić information content (AvgIpc) is 3.08. The Morgan fingerprint density at radius 3 is 2.70 bits per heavy atom. The van der Waals surface area contributed by atoms with Crippen molar-refractivity contribution in [3.8, 4) is 0 Å². The summed E-state index contributed by atoms with van der Waals surface area (Å²) in [5, 5.41) is 13.3. The highest BCUT2D eigenvalue weighted by molar-refractivity contribution is 7.19. The van der Waals surface area contributed by atoms with Gasteiger partial charge in [-0.15, -0.1) is 23.7 Å². The number of benzene rings is 1. The zero-order chi connectivity index (χ0) is 15.1. The third-order valence-electron chi connectivity index (χ3n) is 3.90. The maximum atomic E-state index is 10.9. The van der Waals surface area contributed by atoms with E-state index in [0.717, 1.165) is 34.6 Å². The first-order valence-corrected chi connectivity index (χ1v) is 7.89. The molecule has 0 bridgehead atoms. The summed E-state index contributed by atoms with van der Waals surface area (Å²) in [5.74, 6) is -0.126. The van der Waals surface area contributed by atoms with Crippen LogP contribution < -0.4 is 5.32 Å². The molecule has 2 aromatic heterocycles. The maximum absolute atomic E-state index is 10.9. The zero-order valence-electron chi connectivity index (χ0n) is 12.1. The Balaban J connectivity index is 0.00000156. The van der Waals surface area contributed by atoms with E-state index >= 15 is 0 Å². The molecule has 2 heterocycles. The fraction of sp³-hybridized carbons (Fsp3) is 0.188. The molecule has 0 spiro atoms. The number of aryl methyl sites for hydroxylation is 2. The van der Waals surface area contributed by atoms with E-state index < -0.39 is 5.97 Å². The summed E-state index contributed by atoms with van der Waals surface area (Å²) in [5.41, 5.74) is 2.46. The third-order valence-corrected chi connectivity index (χ3v) is 5.10. The molecule has 0 saturated heterocycles. The summed E-state index contributed by atoms with van der Waals surface area (Å²) in [7, 11) is 0. The lowest BCUT2D eigenvalue weighted by molar-refractivity contribution is 0.0697. The molecular formula is C16H14ClN3O2S. The van der Waals surface area contributed by atoms with Crippen LogP contribution in [0.2, 0.25) is 0 Å². The highest BCUT2D eigenvalue weighted by atomic mass is 35.5. The number of carbonyl (C=O) groups is 1. The number of thiophene rings is 1. The number of rotatable bonds is 3. The van der Waals surface area contributed by atoms with E-state index in [9.17, 15) is 4.79 Å². The molecule has 0 unspecified atom stereocenters. The van der Waals surface area contributed by atoms with Gasteiger partial charge in [-0.3, -0.25) is 0 Å². The van der Waals surface area contributed by atoms with Gasteiger partial charge in [-0.25, -0.2) is 14.8 Å². The highest BCUT2D eigenvalue weighted by Crippen LogP contribution is 2.39. The lowest BCUT2D eigenvalue weighted by Crippen LogP contribution is -1.98. The molecular weight excluding hydrogens is 334 g/mol. The molecule has 118 valence electrons. The number of anilines is 2. The van der Waals surface area contributed by atoms with Gasteiger partial charge in [0.25, 0.3) is 0 Å². The zero-order valence-corrected chi connectivity index (χ0v) is 13.7. The van der Waals surface area contributed by atoms with Gasteiger partial charge in [-0.1, -0.05) is 0 Å². The van der Waals surface area contributed by atoms with Crippen molar-refractivity contribution < 1.29 is 9.90 Å². The van der Waals surface area contributed by atoms with E-state index in [1.54, 1.807) is 41.9 Å². The van der Waals surface area contributed by atoms with E-state index in [1.807, 2.05) is 0 Å². The van der Waals surface area contributed by atoms with Crippen molar-refractivity contribution in [3.63, 3.8) is 0 Å². The predicted octanol–water partition coefficient (Wildman–Crippen LogP) is 4.04. The first-order valence-electron chi connectivity index (χ1n) is 7.08. The van der Waals surface area contributed by atoms with Gasteiger partial charge in [0.2, 0.25) is 0 Å². The van der Waals surface area contributed by atoms with Gasteiger partial charge in [-0.2, -0.15) is 0 Å². The summed E-state index contributed by atoms with van der Waals surface area (Å²) in [6.07, 6.45) is 4.97. The Labute approximate surface area is 142 Å². The minimum absolute atomic E-state index is 0. The van der Waals surface area contributed by atoms with Crippen LogP contribution in [0.15, 0.2) is 30.6 Å². The second kappa shape index (κ2) is 6.14. The van der Waals surface area contributed by atoms with Crippen molar-refractivity contribution in [3.05, 3.63) is 46.6 Å². The first-order chi connectivity index (χ1) is 10.7. The minimum Gasteiger partial charge on any atom is -0.478 e. The molecule has 0 atom stereocenters. The number of nitrogens with zero attached hydrogens (tertiary/aromatic N) is 2. The predicted molar refractivity (Wildman–Crippen MR) is 93.4 cm³/mol. The van der Waals surface area contributed by atoms with Crippen molar-refractivity contribution in [2.24, 2.45) is 0 Å². The lowest BCUT2D eigenvalue weighted by atomic mass is 10.1. The summed E-state index contributed by atoms with van der Waals surface area (Å²) in [6, 6.07) is 6.68. The van der Waals surface area contributed by atoms with Crippen molar-refractivity contribution in [2.45, 2.75) is 19.3 Å². The molecule has 3 aromatic rings. The van der Waals surface area contributed by atoms with Crippen LogP contribution in [0.5, 0.6) is 0 Å². The van der Waals surface area contributed by atoms with Crippen LogP contribution in [0.3, 0.4) is 0 Å². The molecule has 0 aliphatic heterocycles. The number of fused-ring (bicyclic) bond motifs is 3. The quantitative estimate of drug-likeness (QED) is 0.747. The molecule has 1 aliphatic carbocycles. The molecule has 0 amide bonds. The van der Waals surface area contributed by atoms with Gasteiger partial charge in [0.1, 0.15) is 17.0 Å². The summed E-state index contributed by atoms with van der Waals surface area (Å²) in [6.45, 7) is 0. The van der Waals surface area contributed by atoms with Crippen LogP contribution >= 0.6 is 23.7 Å². The van der Waals surface area contributed by atoms with Crippen molar-refractivity contribution in [1.82, 2.24) is 9.97 Å². The van der Waals surface area contributed by atoms with Crippen LogP contribution in [-0.4, -0.2) is 21.0 Å². The smallest absolute Gasteiger partial charge is 0.335 e. The molecule has 1 aromatic carbocycles. The fourth-order valence-electron chi connectivity index (χ4n) is 2.86. The van der Waals surface area contributed by atoms with Crippen LogP contribution in [0.25, 0.3) is 10.2 Å². The number of hydrogen-bond donors (Lipinski definition) is 2. The molecule has 7 heteroatoms. The van der Waals surface area contributed by atoms with Crippen LogP contribution in [-0.2, 0) is 12.8 Å². The molecule has 0 fully saturated rings. The Morgan fingerprint density at radius 1 is 1.17 bits per heavy atom. The van der Waals surface area contributed by atoms with Gasteiger partial charge in [0.05, 0.1) is 10.9 Å². The number of carboxylic acids is 1. The number of aromatic nitrogens is 2. The monoisotopic (exact) mass is 347 g/mol. The van der Waals surface area contributed by atoms with Crippen LogP contribution in [0.4, 0.5) is 11.5 Å². The second-order valence-corrected chi connectivity index (χ2v) is 6.35. The molecule has 2 N–H and O–H groups in total. The lowest BCUT2D eigenvalue weighted by Gasteiger charge is -2.08.